The minimum Gasteiger partial charge on any atom is -0.496 e. The van der Waals surface area contributed by atoms with Crippen molar-refractivity contribution in [2.24, 2.45) is 5.90 Å². The molecule has 0 atom stereocenters. The van der Waals surface area contributed by atoms with E-state index in [9.17, 15) is 0 Å². The van der Waals surface area contributed by atoms with Crippen molar-refractivity contribution >= 4 is 0 Å². The van der Waals surface area contributed by atoms with Gasteiger partial charge in [0.2, 0.25) is 0 Å². The molecule has 0 aliphatic heterocycles. The number of rotatable bonds is 4. The minimum atomic E-state index is 0.537. The monoisotopic (exact) mass is 221 g/mol. The summed E-state index contributed by atoms with van der Waals surface area (Å²) in [4.78, 5) is 4.63. The third-order valence-electron chi connectivity index (χ3n) is 3.23. The Labute approximate surface area is 96.5 Å². The SMILES string of the molecule is COc1cc2c(cc1CCON)CCCC2. The first-order chi connectivity index (χ1) is 7.85. The van der Waals surface area contributed by atoms with Crippen molar-refractivity contribution in [1.29, 1.82) is 0 Å². The van der Waals surface area contributed by atoms with E-state index >= 15 is 0 Å². The quantitative estimate of drug-likeness (QED) is 0.791. The Morgan fingerprint density at radius 1 is 1.19 bits per heavy atom. The van der Waals surface area contributed by atoms with Crippen molar-refractivity contribution in [2.75, 3.05) is 13.7 Å². The van der Waals surface area contributed by atoms with E-state index in [1.807, 2.05) is 0 Å². The molecule has 0 aromatic heterocycles. The van der Waals surface area contributed by atoms with Crippen LogP contribution in [-0.4, -0.2) is 13.7 Å². The van der Waals surface area contributed by atoms with Crippen LogP contribution in [0.1, 0.15) is 29.5 Å². The molecule has 2 N–H and O–H groups in total. The van der Waals surface area contributed by atoms with Crippen molar-refractivity contribution < 1.29 is 9.57 Å². The van der Waals surface area contributed by atoms with Crippen molar-refractivity contribution in [2.45, 2.75) is 32.1 Å². The fraction of sp³-hybridized carbons (Fsp3) is 0.538. The maximum atomic E-state index is 5.41. The zero-order chi connectivity index (χ0) is 11.4. The van der Waals surface area contributed by atoms with E-state index in [0.717, 1.165) is 12.2 Å². The highest BCUT2D eigenvalue weighted by molar-refractivity contribution is 5.44. The van der Waals surface area contributed by atoms with Gasteiger partial charge in [-0.3, -0.25) is 0 Å². The molecule has 1 aromatic rings. The topological polar surface area (TPSA) is 44.5 Å². The van der Waals surface area contributed by atoms with Crippen molar-refractivity contribution in [3.05, 3.63) is 28.8 Å². The van der Waals surface area contributed by atoms with Crippen molar-refractivity contribution in [3.8, 4) is 5.75 Å². The van der Waals surface area contributed by atoms with Gasteiger partial charge in [-0.25, -0.2) is 5.90 Å². The summed E-state index contributed by atoms with van der Waals surface area (Å²) < 4.78 is 5.41. The first-order valence-electron chi connectivity index (χ1n) is 5.85. The molecule has 0 unspecified atom stereocenters. The average Bonchev–Trinajstić information content (AvgIpc) is 2.35. The Bertz CT molecular complexity index is 363. The van der Waals surface area contributed by atoms with Crippen LogP contribution in [0, 0.1) is 0 Å². The van der Waals surface area contributed by atoms with Crippen LogP contribution in [0.3, 0.4) is 0 Å². The normalized spacial score (nSPS) is 14.6. The Morgan fingerprint density at radius 3 is 2.50 bits per heavy atom. The highest BCUT2D eigenvalue weighted by atomic mass is 16.6. The smallest absolute Gasteiger partial charge is 0.122 e. The molecule has 0 spiro atoms. The minimum absolute atomic E-state index is 0.537. The van der Waals surface area contributed by atoms with E-state index < -0.39 is 0 Å². The lowest BCUT2D eigenvalue weighted by atomic mass is 9.89. The second-order valence-corrected chi connectivity index (χ2v) is 4.26. The third kappa shape index (κ3) is 2.36. The van der Waals surface area contributed by atoms with Gasteiger partial charge in [-0.1, -0.05) is 6.07 Å². The Hall–Kier alpha value is -1.06. The van der Waals surface area contributed by atoms with Gasteiger partial charge >= 0.3 is 0 Å². The van der Waals surface area contributed by atoms with E-state index in [0.29, 0.717) is 6.61 Å². The predicted molar refractivity (Wildman–Crippen MR) is 63.5 cm³/mol. The van der Waals surface area contributed by atoms with Crippen LogP contribution in [0.15, 0.2) is 12.1 Å². The van der Waals surface area contributed by atoms with Gasteiger partial charge in [0, 0.05) is 6.42 Å². The van der Waals surface area contributed by atoms with Gasteiger partial charge in [-0.15, -0.1) is 0 Å². The van der Waals surface area contributed by atoms with Crippen LogP contribution in [0.25, 0.3) is 0 Å². The maximum Gasteiger partial charge on any atom is 0.122 e. The molecule has 16 heavy (non-hydrogen) atoms. The van der Waals surface area contributed by atoms with Gasteiger partial charge in [-0.05, 0) is 48.4 Å². The summed E-state index contributed by atoms with van der Waals surface area (Å²) in [6, 6.07) is 4.44. The lowest BCUT2D eigenvalue weighted by Gasteiger charge is -2.19. The van der Waals surface area contributed by atoms with Gasteiger partial charge in [0.05, 0.1) is 13.7 Å². The number of nitrogens with two attached hydrogens (primary N) is 1. The molecule has 3 nitrogen and oxygen atoms in total. The summed E-state index contributed by atoms with van der Waals surface area (Å²) in [7, 11) is 1.72. The molecule has 1 aliphatic rings. The highest BCUT2D eigenvalue weighted by Gasteiger charge is 2.13. The lowest BCUT2D eigenvalue weighted by Crippen LogP contribution is -2.08. The number of methoxy groups -OCH3 is 1. The Balaban J connectivity index is 2.28. The van der Waals surface area contributed by atoms with E-state index in [1.165, 1.54) is 42.4 Å². The maximum absolute atomic E-state index is 5.41. The molecule has 88 valence electrons. The van der Waals surface area contributed by atoms with Gasteiger partial charge in [0.25, 0.3) is 0 Å². The Kier molecular flexibility index (Phi) is 3.80. The summed E-state index contributed by atoms with van der Waals surface area (Å²) in [5.41, 5.74) is 4.12. The fourth-order valence-electron chi connectivity index (χ4n) is 2.37. The largest absolute Gasteiger partial charge is 0.496 e. The molecule has 0 amide bonds. The lowest BCUT2D eigenvalue weighted by molar-refractivity contribution is 0.140. The first-order valence-corrected chi connectivity index (χ1v) is 5.85. The zero-order valence-electron chi connectivity index (χ0n) is 9.79. The van der Waals surface area contributed by atoms with Crippen molar-refractivity contribution in [1.82, 2.24) is 0 Å². The van der Waals surface area contributed by atoms with E-state index in [1.54, 1.807) is 7.11 Å². The summed E-state index contributed by atoms with van der Waals surface area (Å²) in [6.07, 6.45) is 5.77. The third-order valence-corrected chi connectivity index (χ3v) is 3.23. The van der Waals surface area contributed by atoms with Crippen LogP contribution in [-0.2, 0) is 24.1 Å². The number of benzene rings is 1. The second-order valence-electron chi connectivity index (χ2n) is 4.26. The molecule has 0 bridgehead atoms. The van der Waals surface area contributed by atoms with Gasteiger partial charge < -0.3 is 9.57 Å². The summed E-state index contributed by atoms with van der Waals surface area (Å²) >= 11 is 0. The van der Waals surface area contributed by atoms with Crippen LogP contribution in [0.5, 0.6) is 5.75 Å². The van der Waals surface area contributed by atoms with Crippen LogP contribution < -0.4 is 10.6 Å². The highest BCUT2D eigenvalue weighted by Crippen LogP contribution is 2.29. The zero-order valence-corrected chi connectivity index (χ0v) is 9.79. The predicted octanol–water partition coefficient (Wildman–Crippen LogP) is 2.01. The summed E-state index contributed by atoms with van der Waals surface area (Å²) in [6.45, 7) is 0.537. The van der Waals surface area contributed by atoms with Gasteiger partial charge in [0.1, 0.15) is 5.75 Å². The van der Waals surface area contributed by atoms with E-state index in [-0.39, 0.29) is 0 Å². The standard InChI is InChI=1S/C13H19NO2/c1-15-13-9-11-5-3-2-4-10(11)8-12(13)6-7-16-14/h8-9H,2-7,14H2,1H3. The summed E-state index contributed by atoms with van der Waals surface area (Å²) in [5, 5.41) is 0. The molecule has 0 saturated carbocycles. The Morgan fingerprint density at radius 2 is 1.88 bits per heavy atom. The molecule has 1 aromatic carbocycles. The molecule has 0 fully saturated rings. The molecule has 1 aliphatic carbocycles. The van der Waals surface area contributed by atoms with Crippen LogP contribution in [0.4, 0.5) is 0 Å². The fourth-order valence-corrected chi connectivity index (χ4v) is 2.37. The molecular weight excluding hydrogens is 202 g/mol. The van der Waals surface area contributed by atoms with E-state index in [4.69, 9.17) is 10.6 Å². The first kappa shape index (κ1) is 11.4. The van der Waals surface area contributed by atoms with Crippen molar-refractivity contribution in [3.63, 3.8) is 0 Å². The average molecular weight is 221 g/mol. The van der Waals surface area contributed by atoms with Crippen LogP contribution in [0.2, 0.25) is 0 Å². The molecule has 0 heterocycles. The van der Waals surface area contributed by atoms with Gasteiger partial charge in [-0.2, -0.15) is 0 Å². The molecule has 2 rings (SSSR count). The van der Waals surface area contributed by atoms with Gasteiger partial charge in [0.15, 0.2) is 0 Å². The summed E-state index contributed by atoms with van der Waals surface area (Å²) in [5.74, 6) is 6.03. The molecular formula is C13H19NO2. The molecule has 3 heteroatoms. The van der Waals surface area contributed by atoms with E-state index in [2.05, 4.69) is 17.0 Å². The molecule has 0 radical (unpaired) electrons. The number of aryl methyl sites for hydroxylation is 2. The molecule has 0 saturated heterocycles. The number of fused-ring (bicyclic) bond motifs is 1. The number of ether oxygens (including phenoxy) is 1. The number of hydrogen-bond acceptors (Lipinski definition) is 3. The van der Waals surface area contributed by atoms with Crippen LogP contribution >= 0.6 is 0 Å². The number of hydrogen-bond donors (Lipinski definition) is 1. The second kappa shape index (κ2) is 5.32.